The summed E-state index contributed by atoms with van der Waals surface area (Å²) in [5, 5.41) is 8.01. The minimum atomic E-state index is -3.71. The van der Waals surface area contributed by atoms with E-state index in [9.17, 15) is 13.2 Å². The Morgan fingerprint density at radius 2 is 1.70 bits per heavy atom. The van der Waals surface area contributed by atoms with Gasteiger partial charge in [0, 0.05) is 6.42 Å². The number of sulfonamides is 1. The predicted octanol–water partition coefficient (Wildman–Crippen LogP) is 2.16. The third kappa shape index (κ3) is 5.70. The van der Waals surface area contributed by atoms with Crippen molar-refractivity contribution in [3.05, 3.63) is 53.6 Å². The molecule has 146 valence electrons. The van der Waals surface area contributed by atoms with E-state index >= 15 is 0 Å². The first-order valence-electron chi connectivity index (χ1n) is 8.37. The number of carbonyl (C=O) groups excluding carboxylic acids is 1. The van der Waals surface area contributed by atoms with E-state index in [4.69, 9.17) is 14.6 Å². The molecule has 0 saturated heterocycles. The lowest BCUT2D eigenvalue weighted by Crippen LogP contribution is -2.26. The number of hydrogen-bond donors (Lipinski definition) is 2. The van der Waals surface area contributed by atoms with Gasteiger partial charge in [0.15, 0.2) is 11.5 Å². The van der Waals surface area contributed by atoms with Crippen LogP contribution in [0.4, 0.5) is 0 Å². The quantitative estimate of drug-likeness (QED) is 0.716. The van der Waals surface area contributed by atoms with E-state index in [0.29, 0.717) is 17.9 Å². The highest BCUT2D eigenvalue weighted by Gasteiger charge is 2.13. The van der Waals surface area contributed by atoms with Gasteiger partial charge in [-0.05, 0) is 48.7 Å². The second-order valence-electron chi connectivity index (χ2n) is 6.09. The number of rotatable bonds is 8. The molecule has 7 nitrogen and oxygen atoms in total. The molecule has 0 spiro atoms. The fourth-order valence-corrected chi connectivity index (χ4v) is 3.14. The summed E-state index contributed by atoms with van der Waals surface area (Å²) in [5.74, 6) is 1.13. The van der Waals surface area contributed by atoms with E-state index in [1.54, 1.807) is 32.4 Å². The predicted molar refractivity (Wildman–Crippen MR) is 102 cm³/mol. The van der Waals surface area contributed by atoms with Crippen molar-refractivity contribution in [3.8, 4) is 11.5 Å². The van der Waals surface area contributed by atoms with Crippen LogP contribution in [0, 0.1) is 0 Å². The van der Waals surface area contributed by atoms with E-state index in [2.05, 4.69) is 5.32 Å². The van der Waals surface area contributed by atoms with E-state index in [1.807, 2.05) is 19.1 Å². The molecule has 8 heteroatoms. The average Bonchev–Trinajstić information content (AvgIpc) is 2.65. The Labute approximate surface area is 159 Å². The Morgan fingerprint density at radius 3 is 2.26 bits per heavy atom. The van der Waals surface area contributed by atoms with Gasteiger partial charge in [-0.3, -0.25) is 4.79 Å². The van der Waals surface area contributed by atoms with Crippen LogP contribution >= 0.6 is 0 Å². The molecule has 0 aliphatic heterocycles. The SMILES string of the molecule is COc1ccc([C@@H](C)NC(=O)CCc2ccc(S(N)(=O)=O)cc2)cc1OC. The zero-order valence-electron chi connectivity index (χ0n) is 15.6. The van der Waals surface area contributed by atoms with Crippen LogP contribution in [-0.4, -0.2) is 28.5 Å². The van der Waals surface area contributed by atoms with Gasteiger partial charge in [-0.1, -0.05) is 18.2 Å². The molecule has 0 aliphatic carbocycles. The molecule has 0 radical (unpaired) electrons. The Hall–Kier alpha value is -2.58. The maximum absolute atomic E-state index is 12.2. The third-order valence-electron chi connectivity index (χ3n) is 4.18. The van der Waals surface area contributed by atoms with E-state index in [-0.39, 0.29) is 23.3 Å². The smallest absolute Gasteiger partial charge is 0.238 e. The van der Waals surface area contributed by atoms with Crippen molar-refractivity contribution in [1.82, 2.24) is 5.32 Å². The number of benzene rings is 2. The van der Waals surface area contributed by atoms with Crippen molar-refractivity contribution in [1.29, 1.82) is 0 Å². The average molecular weight is 392 g/mol. The molecule has 0 saturated carbocycles. The van der Waals surface area contributed by atoms with Crippen LogP contribution in [0.15, 0.2) is 47.4 Å². The van der Waals surface area contributed by atoms with Gasteiger partial charge < -0.3 is 14.8 Å². The Balaban J connectivity index is 1.93. The molecule has 3 N–H and O–H groups in total. The zero-order valence-corrected chi connectivity index (χ0v) is 16.4. The summed E-state index contributed by atoms with van der Waals surface area (Å²) in [6.07, 6.45) is 0.780. The molecule has 0 aliphatic rings. The lowest BCUT2D eigenvalue weighted by Gasteiger charge is -2.16. The van der Waals surface area contributed by atoms with Gasteiger partial charge in [0.1, 0.15) is 0 Å². The molecule has 2 aromatic carbocycles. The second-order valence-corrected chi connectivity index (χ2v) is 7.65. The highest BCUT2D eigenvalue weighted by Crippen LogP contribution is 2.29. The minimum absolute atomic E-state index is 0.0535. The molecule has 27 heavy (non-hydrogen) atoms. The maximum atomic E-state index is 12.2. The Kier molecular flexibility index (Phi) is 6.81. The number of aryl methyl sites for hydroxylation is 1. The Morgan fingerprint density at radius 1 is 1.07 bits per heavy atom. The summed E-state index contributed by atoms with van der Waals surface area (Å²) in [4.78, 5) is 12.3. The van der Waals surface area contributed by atoms with Gasteiger partial charge in [-0.25, -0.2) is 13.6 Å². The summed E-state index contributed by atoms with van der Waals surface area (Å²) in [6, 6.07) is 11.5. The molecule has 0 heterocycles. The zero-order chi connectivity index (χ0) is 20.0. The first-order valence-corrected chi connectivity index (χ1v) is 9.92. The minimum Gasteiger partial charge on any atom is -0.493 e. The summed E-state index contributed by atoms with van der Waals surface area (Å²) in [6.45, 7) is 1.89. The monoisotopic (exact) mass is 392 g/mol. The molecule has 0 unspecified atom stereocenters. The first kappa shape index (κ1) is 20.7. The largest absolute Gasteiger partial charge is 0.493 e. The fraction of sp³-hybridized carbons (Fsp3) is 0.316. The number of carbonyl (C=O) groups is 1. The van der Waals surface area contributed by atoms with Gasteiger partial charge in [0.25, 0.3) is 0 Å². The molecule has 0 fully saturated rings. The summed E-state index contributed by atoms with van der Waals surface area (Å²) < 4.78 is 33.0. The van der Waals surface area contributed by atoms with Crippen LogP contribution in [0.1, 0.15) is 30.5 Å². The topological polar surface area (TPSA) is 108 Å². The van der Waals surface area contributed by atoms with E-state index in [1.165, 1.54) is 12.1 Å². The molecule has 2 aromatic rings. The molecule has 0 aromatic heterocycles. The van der Waals surface area contributed by atoms with Gasteiger partial charge in [0.05, 0.1) is 25.2 Å². The highest BCUT2D eigenvalue weighted by molar-refractivity contribution is 7.89. The summed E-state index contributed by atoms with van der Waals surface area (Å²) >= 11 is 0. The van der Waals surface area contributed by atoms with Gasteiger partial charge in [-0.2, -0.15) is 0 Å². The van der Waals surface area contributed by atoms with Crippen molar-refractivity contribution in [2.45, 2.75) is 30.7 Å². The van der Waals surface area contributed by atoms with Gasteiger partial charge >= 0.3 is 0 Å². The molecule has 1 amide bonds. The van der Waals surface area contributed by atoms with Crippen LogP contribution in [0.25, 0.3) is 0 Å². The second kappa shape index (κ2) is 8.88. The van der Waals surface area contributed by atoms with Crippen molar-refractivity contribution < 1.29 is 22.7 Å². The summed E-state index contributed by atoms with van der Waals surface area (Å²) in [7, 11) is -0.577. The number of amides is 1. The maximum Gasteiger partial charge on any atom is 0.238 e. The highest BCUT2D eigenvalue weighted by atomic mass is 32.2. The van der Waals surface area contributed by atoms with E-state index in [0.717, 1.165) is 11.1 Å². The number of primary sulfonamides is 1. The van der Waals surface area contributed by atoms with Crippen molar-refractivity contribution >= 4 is 15.9 Å². The van der Waals surface area contributed by atoms with Gasteiger partial charge in [-0.15, -0.1) is 0 Å². The van der Waals surface area contributed by atoms with Crippen molar-refractivity contribution in [2.75, 3.05) is 14.2 Å². The number of methoxy groups -OCH3 is 2. The van der Waals surface area contributed by atoms with Gasteiger partial charge in [0.2, 0.25) is 15.9 Å². The lowest BCUT2D eigenvalue weighted by molar-refractivity contribution is -0.121. The van der Waals surface area contributed by atoms with Crippen molar-refractivity contribution in [3.63, 3.8) is 0 Å². The third-order valence-corrected chi connectivity index (χ3v) is 5.11. The van der Waals surface area contributed by atoms with Crippen molar-refractivity contribution in [2.24, 2.45) is 5.14 Å². The molecule has 2 rings (SSSR count). The lowest BCUT2D eigenvalue weighted by atomic mass is 10.1. The Bertz CT molecular complexity index is 895. The van der Waals surface area contributed by atoms with Crippen LogP contribution in [0.5, 0.6) is 11.5 Å². The fourth-order valence-electron chi connectivity index (χ4n) is 2.62. The van der Waals surface area contributed by atoms with Crippen LogP contribution in [-0.2, 0) is 21.2 Å². The number of hydrogen-bond acceptors (Lipinski definition) is 5. The van der Waals surface area contributed by atoms with E-state index < -0.39 is 10.0 Å². The molecule has 1 atom stereocenters. The standard InChI is InChI=1S/C19H24N2O5S/c1-13(15-7-10-17(25-2)18(12-15)26-3)21-19(22)11-6-14-4-8-16(9-5-14)27(20,23)24/h4-5,7-10,12-13H,6,11H2,1-3H3,(H,21,22)(H2,20,23,24)/t13-/m1/s1. The number of nitrogens with one attached hydrogen (secondary N) is 1. The molecular formula is C19H24N2O5S. The number of ether oxygens (including phenoxy) is 2. The van der Waals surface area contributed by atoms with Crippen LogP contribution < -0.4 is 19.9 Å². The molecular weight excluding hydrogens is 368 g/mol. The first-order chi connectivity index (χ1) is 12.7. The van der Waals surface area contributed by atoms with Crippen LogP contribution in [0.3, 0.4) is 0 Å². The van der Waals surface area contributed by atoms with Crippen LogP contribution in [0.2, 0.25) is 0 Å². The number of nitrogens with two attached hydrogens (primary N) is 1. The molecule has 0 bridgehead atoms. The summed E-state index contributed by atoms with van der Waals surface area (Å²) in [5.41, 5.74) is 1.76. The normalized spacial score (nSPS) is 12.3.